The molecule has 90 valence electrons. The maximum atomic E-state index is 11.4. The summed E-state index contributed by atoms with van der Waals surface area (Å²) in [5.74, 6) is 0.109. The molecule has 2 heterocycles. The lowest BCUT2D eigenvalue weighted by molar-refractivity contribution is -0.210. The van der Waals surface area contributed by atoms with Crippen LogP contribution in [0.2, 0.25) is 0 Å². The lowest BCUT2D eigenvalue weighted by Gasteiger charge is -2.31. The fourth-order valence-corrected chi connectivity index (χ4v) is 2.85. The van der Waals surface area contributed by atoms with Gasteiger partial charge in [-0.15, -0.1) is 0 Å². The summed E-state index contributed by atoms with van der Waals surface area (Å²) >= 11 is 0. The first-order chi connectivity index (χ1) is 7.83. The van der Waals surface area contributed by atoms with Gasteiger partial charge >= 0.3 is 5.97 Å². The van der Waals surface area contributed by atoms with Crippen molar-refractivity contribution in [2.75, 3.05) is 6.61 Å². The molecule has 4 nitrogen and oxygen atoms in total. The Morgan fingerprint density at radius 1 is 1.19 bits per heavy atom. The molecule has 2 bridgehead atoms. The van der Waals surface area contributed by atoms with Crippen LogP contribution in [0, 0.1) is 5.92 Å². The van der Waals surface area contributed by atoms with E-state index in [2.05, 4.69) is 0 Å². The van der Waals surface area contributed by atoms with Gasteiger partial charge in [-0.2, -0.15) is 0 Å². The van der Waals surface area contributed by atoms with Gasteiger partial charge in [0.05, 0.1) is 12.0 Å². The molecule has 3 rings (SSSR count). The number of ether oxygens (including phenoxy) is 3. The minimum atomic E-state index is -0.0744. The highest BCUT2D eigenvalue weighted by atomic mass is 16.7. The number of fused-ring (bicyclic) bond motifs is 2. The van der Waals surface area contributed by atoms with E-state index < -0.39 is 0 Å². The molecule has 0 radical (unpaired) electrons. The Balaban J connectivity index is 1.57. The van der Waals surface area contributed by atoms with Crippen molar-refractivity contribution in [1.82, 2.24) is 0 Å². The van der Waals surface area contributed by atoms with Gasteiger partial charge in [0.2, 0.25) is 0 Å². The van der Waals surface area contributed by atoms with E-state index in [4.69, 9.17) is 14.2 Å². The lowest BCUT2D eigenvalue weighted by atomic mass is 9.88. The van der Waals surface area contributed by atoms with Crippen molar-refractivity contribution in [3.63, 3.8) is 0 Å². The molecule has 0 aromatic carbocycles. The molecule has 3 fully saturated rings. The zero-order valence-electron chi connectivity index (χ0n) is 9.39. The van der Waals surface area contributed by atoms with Crippen LogP contribution in [0.25, 0.3) is 0 Å². The number of esters is 1. The first kappa shape index (κ1) is 10.5. The Bertz CT molecular complexity index is 272. The summed E-state index contributed by atoms with van der Waals surface area (Å²) in [4.78, 5) is 11.4. The molecule has 0 aromatic rings. The van der Waals surface area contributed by atoms with Gasteiger partial charge in [0.25, 0.3) is 0 Å². The number of hydrogen-bond acceptors (Lipinski definition) is 4. The summed E-state index contributed by atoms with van der Waals surface area (Å²) in [6.45, 7) is 0.796. The van der Waals surface area contributed by atoms with Crippen molar-refractivity contribution in [3.8, 4) is 0 Å². The number of hydrogen-bond donors (Lipinski definition) is 0. The van der Waals surface area contributed by atoms with Gasteiger partial charge in [0, 0.05) is 13.0 Å². The van der Waals surface area contributed by atoms with Crippen LogP contribution in [0.1, 0.15) is 38.5 Å². The molecule has 4 heteroatoms. The van der Waals surface area contributed by atoms with E-state index in [0.29, 0.717) is 0 Å². The molecule has 3 aliphatic rings. The monoisotopic (exact) mass is 226 g/mol. The van der Waals surface area contributed by atoms with Gasteiger partial charge in [-0.25, -0.2) is 0 Å². The molecular formula is C12H18O4. The van der Waals surface area contributed by atoms with Crippen LogP contribution in [0.3, 0.4) is 0 Å². The van der Waals surface area contributed by atoms with Crippen molar-refractivity contribution < 1.29 is 19.0 Å². The Morgan fingerprint density at radius 2 is 2.12 bits per heavy atom. The molecule has 0 N–H and O–H groups in total. The average Bonchev–Trinajstić information content (AvgIpc) is 2.61. The van der Waals surface area contributed by atoms with Crippen molar-refractivity contribution in [2.45, 2.75) is 57.0 Å². The average molecular weight is 226 g/mol. The van der Waals surface area contributed by atoms with Crippen LogP contribution in [0.5, 0.6) is 0 Å². The third-order valence-corrected chi connectivity index (χ3v) is 3.80. The molecule has 2 aliphatic heterocycles. The van der Waals surface area contributed by atoms with Crippen LogP contribution in [0.4, 0.5) is 0 Å². The fraction of sp³-hybridized carbons (Fsp3) is 0.917. The predicted molar refractivity (Wildman–Crippen MR) is 55.7 cm³/mol. The van der Waals surface area contributed by atoms with E-state index in [0.717, 1.165) is 38.7 Å². The van der Waals surface area contributed by atoms with Gasteiger partial charge in [0.1, 0.15) is 6.10 Å². The van der Waals surface area contributed by atoms with Crippen LogP contribution < -0.4 is 0 Å². The minimum absolute atomic E-state index is 0.0169. The Hall–Kier alpha value is -0.610. The Kier molecular flexibility index (Phi) is 2.86. The molecule has 2 saturated heterocycles. The van der Waals surface area contributed by atoms with E-state index in [1.54, 1.807) is 0 Å². The van der Waals surface area contributed by atoms with E-state index in [1.165, 1.54) is 6.42 Å². The second-order valence-corrected chi connectivity index (χ2v) is 4.96. The number of carbonyl (C=O) groups excluding carboxylic acids is 1. The standard InChI is InChI=1S/C12H18O4/c13-12-8-4-5-9(10(7-8)16-12)15-11-3-1-2-6-14-11/h8-11H,1-7H2/t8-,9-,10-,11?/m0/s1. The topological polar surface area (TPSA) is 44.8 Å². The second-order valence-electron chi connectivity index (χ2n) is 4.96. The highest BCUT2D eigenvalue weighted by Gasteiger charge is 2.44. The van der Waals surface area contributed by atoms with Crippen molar-refractivity contribution >= 4 is 5.97 Å². The Labute approximate surface area is 95.2 Å². The van der Waals surface area contributed by atoms with Crippen molar-refractivity contribution in [1.29, 1.82) is 0 Å². The summed E-state index contributed by atoms with van der Waals surface area (Å²) in [5.41, 5.74) is 0. The maximum absolute atomic E-state index is 11.4. The first-order valence-corrected chi connectivity index (χ1v) is 6.30. The van der Waals surface area contributed by atoms with Gasteiger partial charge in [-0.05, 0) is 32.1 Å². The zero-order chi connectivity index (χ0) is 11.0. The molecule has 1 unspecified atom stereocenters. The van der Waals surface area contributed by atoms with E-state index >= 15 is 0 Å². The number of rotatable bonds is 2. The van der Waals surface area contributed by atoms with Crippen LogP contribution in [0.15, 0.2) is 0 Å². The predicted octanol–water partition coefficient (Wildman–Crippen LogP) is 1.62. The van der Waals surface area contributed by atoms with Crippen LogP contribution in [-0.2, 0) is 19.0 Å². The summed E-state index contributed by atoms with van der Waals surface area (Å²) < 4.78 is 16.8. The van der Waals surface area contributed by atoms with Gasteiger partial charge in [0.15, 0.2) is 6.29 Å². The van der Waals surface area contributed by atoms with Gasteiger partial charge < -0.3 is 14.2 Å². The van der Waals surface area contributed by atoms with E-state index in [9.17, 15) is 4.79 Å². The molecule has 0 spiro atoms. The molecule has 4 atom stereocenters. The van der Waals surface area contributed by atoms with E-state index in [1.807, 2.05) is 0 Å². The van der Waals surface area contributed by atoms with Crippen molar-refractivity contribution in [2.24, 2.45) is 5.92 Å². The SMILES string of the molecule is O=C1O[C@H]2C[C@@H]1CC[C@@H]2OC1CCCCO1. The molecule has 0 aromatic heterocycles. The summed E-state index contributed by atoms with van der Waals surface area (Å²) in [5, 5.41) is 0. The third-order valence-electron chi connectivity index (χ3n) is 3.80. The highest BCUT2D eigenvalue weighted by molar-refractivity contribution is 5.75. The van der Waals surface area contributed by atoms with Gasteiger partial charge in [-0.1, -0.05) is 0 Å². The highest BCUT2D eigenvalue weighted by Crippen LogP contribution is 2.36. The van der Waals surface area contributed by atoms with Crippen LogP contribution in [-0.4, -0.2) is 31.1 Å². The van der Waals surface area contributed by atoms with Gasteiger partial charge in [-0.3, -0.25) is 4.79 Å². The summed E-state index contributed by atoms with van der Waals surface area (Å²) in [7, 11) is 0. The molecule has 1 aliphatic carbocycles. The summed E-state index contributed by atoms with van der Waals surface area (Å²) in [6.07, 6.45) is 5.93. The smallest absolute Gasteiger partial charge is 0.309 e. The first-order valence-electron chi connectivity index (χ1n) is 6.30. The quantitative estimate of drug-likeness (QED) is 0.671. The largest absolute Gasteiger partial charge is 0.459 e. The zero-order valence-corrected chi connectivity index (χ0v) is 9.39. The molecule has 0 amide bonds. The molecule has 1 saturated carbocycles. The maximum Gasteiger partial charge on any atom is 0.309 e. The van der Waals surface area contributed by atoms with Crippen LogP contribution >= 0.6 is 0 Å². The van der Waals surface area contributed by atoms with Crippen molar-refractivity contribution in [3.05, 3.63) is 0 Å². The second kappa shape index (κ2) is 4.34. The molecular weight excluding hydrogens is 208 g/mol. The Morgan fingerprint density at radius 3 is 2.94 bits per heavy atom. The molecule has 16 heavy (non-hydrogen) atoms. The minimum Gasteiger partial charge on any atom is -0.459 e. The fourth-order valence-electron chi connectivity index (χ4n) is 2.85. The van der Waals surface area contributed by atoms with E-state index in [-0.39, 0.29) is 30.4 Å². The summed E-state index contributed by atoms with van der Waals surface area (Å²) in [6, 6.07) is 0. The number of carbonyl (C=O) groups is 1. The normalized spacial score (nSPS) is 43.1. The third kappa shape index (κ3) is 1.96. The lowest BCUT2D eigenvalue weighted by Crippen LogP contribution is -2.37.